The molecule has 1 saturated heterocycles. The number of rotatable bonds is 4. The van der Waals surface area contributed by atoms with Crippen molar-refractivity contribution in [2.75, 3.05) is 0 Å². The monoisotopic (exact) mass is 261 g/mol. The molecule has 0 saturated carbocycles. The first-order valence-corrected chi connectivity index (χ1v) is 6.19. The zero-order chi connectivity index (χ0) is 13.8. The normalized spacial score (nSPS) is 19.5. The number of carbonyl (C=O) groups is 3. The summed E-state index contributed by atoms with van der Waals surface area (Å²) in [6, 6.07) is 4.59. The van der Waals surface area contributed by atoms with Crippen LogP contribution in [0.5, 0.6) is 0 Å². The smallest absolute Gasteiger partial charge is 0.277 e. The van der Waals surface area contributed by atoms with E-state index in [1.807, 2.05) is 6.92 Å². The highest BCUT2D eigenvalue weighted by Crippen LogP contribution is 2.17. The molecule has 6 heteroatoms. The summed E-state index contributed by atoms with van der Waals surface area (Å²) in [5.74, 6) is -1.72. The van der Waals surface area contributed by atoms with Crippen molar-refractivity contribution in [3.05, 3.63) is 30.1 Å². The second-order valence-corrected chi connectivity index (χ2v) is 4.38. The molecule has 0 radical (unpaired) electrons. The molecule has 6 nitrogen and oxygen atoms in total. The van der Waals surface area contributed by atoms with Crippen LogP contribution in [0.4, 0.5) is 4.79 Å². The third kappa shape index (κ3) is 2.78. The molecule has 1 unspecified atom stereocenters. The zero-order valence-corrected chi connectivity index (χ0v) is 10.6. The molecule has 1 aromatic rings. The largest absolute Gasteiger partial charge is 0.331 e. The maximum absolute atomic E-state index is 12.2. The van der Waals surface area contributed by atoms with E-state index in [9.17, 15) is 14.4 Å². The summed E-state index contributed by atoms with van der Waals surface area (Å²) in [5.41, 5.74) is 0.607. The van der Waals surface area contributed by atoms with Crippen LogP contribution >= 0.6 is 0 Å². The lowest BCUT2D eigenvalue weighted by Gasteiger charge is -2.29. The number of pyridine rings is 1. The molecule has 0 aromatic carbocycles. The third-order valence-electron chi connectivity index (χ3n) is 2.98. The van der Waals surface area contributed by atoms with E-state index >= 15 is 0 Å². The molecule has 2 heterocycles. The second-order valence-electron chi connectivity index (χ2n) is 4.38. The second kappa shape index (κ2) is 5.60. The minimum Gasteiger partial charge on any atom is -0.277 e. The average molecular weight is 261 g/mol. The predicted molar refractivity (Wildman–Crippen MR) is 66.7 cm³/mol. The Bertz CT molecular complexity index is 501. The number of barbiturate groups is 1. The number of nitrogens with one attached hydrogen (secondary N) is 1. The van der Waals surface area contributed by atoms with Gasteiger partial charge in [0.05, 0.1) is 12.2 Å². The van der Waals surface area contributed by atoms with Crippen molar-refractivity contribution in [2.45, 2.75) is 26.3 Å². The van der Waals surface area contributed by atoms with E-state index in [0.29, 0.717) is 18.5 Å². The van der Waals surface area contributed by atoms with Crippen LogP contribution in [0.15, 0.2) is 24.4 Å². The first kappa shape index (κ1) is 13.2. The minimum absolute atomic E-state index is 0.0823. The molecule has 19 heavy (non-hydrogen) atoms. The molecular weight excluding hydrogens is 246 g/mol. The van der Waals surface area contributed by atoms with Crippen LogP contribution in [-0.4, -0.2) is 27.7 Å². The Morgan fingerprint density at radius 3 is 2.74 bits per heavy atom. The number of urea groups is 1. The molecule has 0 spiro atoms. The minimum atomic E-state index is -0.772. The molecule has 2 rings (SSSR count). The fourth-order valence-electron chi connectivity index (χ4n) is 2.01. The highest BCUT2D eigenvalue weighted by atomic mass is 16.2. The number of imide groups is 2. The number of amides is 4. The predicted octanol–water partition coefficient (Wildman–Crippen LogP) is 1.08. The Kier molecular flexibility index (Phi) is 3.89. The first-order chi connectivity index (χ1) is 9.13. The zero-order valence-electron chi connectivity index (χ0n) is 10.6. The molecule has 1 aliphatic rings. The summed E-state index contributed by atoms with van der Waals surface area (Å²) in [5, 5.41) is 2.21. The van der Waals surface area contributed by atoms with Crippen LogP contribution < -0.4 is 5.32 Å². The molecule has 1 fully saturated rings. The molecule has 1 N–H and O–H groups in total. The van der Waals surface area contributed by atoms with Crippen molar-refractivity contribution in [2.24, 2.45) is 5.92 Å². The Morgan fingerprint density at radius 2 is 2.11 bits per heavy atom. The van der Waals surface area contributed by atoms with Gasteiger partial charge in [0.15, 0.2) is 0 Å². The van der Waals surface area contributed by atoms with Crippen molar-refractivity contribution in [3.8, 4) is 0 Å². The molecule has 1 aromatic heterocycles. The summed E-state index contributed by atoms with van der Waals surface area (Å²) in [6.45, 7) is 1.97. The topological polar surface area (TPSA) is 79.4 Å². The lowest BCUT2D eigenvalue weighted by molar-refractivity contribution is -0.143. The molecule has 0 aliphatic carbocycles. The average Bonchev–Trinajstić information content (AvgIpc) is 2.41. The van der Waals surface area contributed by atoms with Gasteiger partial charge in [-0.3, -0.25) is 24.8 Å². The summed E-state index contributed by atoms with van der Waals surface area (Å²) in [4.78, 5) is 40.6. The summed E-state index contributed by atoms with van der Waals surface area (Å²) < 4.78 is 0. The maximum atomic E-state index is 12.2. The van der Waals surface area contributed by atoms with Gasteiger partial charge in [-0.15, -0.1) is 0 Å². The van der Waals surface area contributed by atoms with Crippen LogP contribution in [0, 0.1) is 5.92 Å². The molecular formula is C13H15N3O3. The van der Waals surface area contributed by atoms with Gasteiger partial charge in [0.1, 0.15) is 5.92 Å². The van der Waals surface area contributed by atoms with Gasteiger partial charge in [0, 0.05) is 6.20 Å². The van der Waals surface area contributed by atoms with Gasteiger partial charge in [0.25, 0.3) is 0 Å². The van der Waals surface area contributed by atoms with Gasteiger partial charge in [-0.2, -0.15) is 0 Å². The van der Waals surface area contributed by atoms with Crippen molar-refractivity contribution in [1.29, 1.82) is 0 Å². The fraction of sp³-hybridized carbons (Fsp3) is 0.385. The van der Waals surface area contributed by atoms with Crippen LogP contribution in [0.25, 0.3) is 0 Å². The first-order valence-electron chi connectivity index (χ1n) is 6.19. The van der Waals surface area contributed by atoms with Crippen LogP contribution in [0.3, 0.4) is 0 Å². The standard InChI is InChI=1S/C13H15N3O3/c1-2-5-10-11(17)15-13(19)16(12(10)18)8-9-6-3-4-7-14-9/h3-4,6-7,10H,2,5,8H2,1H3,(H,15,17,19). The third-order valence-corrected chi connectivity index (χ3v) is 2.98. The lowest BCUT2D eigenvalue weighted by atomic mass is 9.99. The summed E-state index contributed by atoms with van der Waals surface area (Å²) in [6.07, 6.45) is 2.74. The number of hydrogen-bond donors (Lipinski definition) is 1. The number of nitrogens with zero attached hydrogens (tertiary/aromatic N) is 2. The van der Waals surface area contributed by atoms with Gasteiger partial charge < -0.3 is 0 Å². The Morgan fingerprint density at radius 1 is 1.32 bits per heavy atom. The molecule has 1 aliphatic heterocycles. The molecule has 0 bridgehead atoms. The van der Waals surface area contributed by atoms with E-state index in [2.05, 4.69) is 10.3 Å². The van der Waals surface area contributed by atoms with Gasteiger partial charge in [-0.25, -0.2) is 4.79 Å². The van der Waals surface area contributed by atoms with Gasteiger partial charge in [-0.05, 0) is 18.6 Å². The van der Waals surface area contributed by atoms with Crippen LogP contribution in [0.1, 0.15) is 25.5 Å². The number of aromatic nitrogens is 1. The molecule has 100 valence electrons. The SMILES string of the molecule is CCCC1C(=O)NC(=O)N(Cc2ccccn2)C1=O. The van der Waals surface area contributed by atoms with E-state index in [-0.39, 0.29) is 6.54 Å². The summed E-state index contributed by atoms with van der Waals surface area (Å²) in [7, 11) is 0. The number of hydrogen-bond acceptors (Lipinski definition) is 4. The number of carbonyl (C=O) groups excluding carboxylic acids is 3. The van der Waals surface area contributed by atoms with E-state index in [1.165, 1.54) is 0 Å². The van der Waals surface area contributed by atoms with Crippen molar-refractivity contribution in [3.63, 3.8) is 0 Å². The Balaban J connectivity index is 2.17. The quantitative estimate of drug-likeness (QED) is 0.822. The van der Waals surface area contributed by atoms with E-state index < -0.39 is 23.8 Å². The van der Waals surface area contributed by atoms with E-state index in [1.54, 1.807) is 24.4 Å². The highest BCUT2D eigenvalue weighted by Gasteiger charge is 2.39. The highest BCUT2D eigenvalue weighted by molar-refractivity contribution is 6.16. The Labute approximate surface area is 110 Å². The van der Waals surface area contributed by atoms with Crippen molar-refractivity contribution >= 4 is 17.8 Å². The van der Waals surface area contributed by atoms with E-state index in [0.717, 1.165) is 4.90 Å². The molecule has 1 atom stereocenters. The Hall–Kier alpha value is -2.24. The maximum Gasteiger partial charge on any atom is 0.331 e. The molecule has 4 amide bonds. The van der Waals surface area contributed by atoms with E-state index in [4.69, 9.17) is 0 Å². The van der Waals surface area contributed by atoms with Gasteiger partial charge in [0.2, 0.25) is 11.8 Å². The summed E-state index contributed by atoms with van der Waals surface area (Å²) >= 11 is 0. The lowest BCUT2D eigenvalue weighted by Crippen LogP contribution is -2.57. The van der Waals surface area contributed by atoms with Crippen LogP contribution in [0.2, 0.25) is 0 Å². The van der Waals surface area contributed by atoms with Crippen molar-refractivity contribution < 1.29 is 14.4 Å². The fourth-order valence-corrected chi connectivity index (χ4v) is 2.01. The van der Waals surface area contributed by atoms with Gasteiger partial charge in [-0.1, -0.05) is 19.4 Å². The van der Waals surface area contributed by atoms with Gasteiger partial charge >= 0.3 is 6.03 Å². The van der Waals surface area contributed by atoms with Crippen molar-refractivity contribution in [1.82, 2.24) is 15.2 Å². The van der Waals surface area contributed by atoms with Crippen LogP contribution in [-0.2, 0) is 16.1 Å².